The van der Waals surface area contributed by atoms with Crippen LogP contribution < -0.4 is 9.47 Å². The Morgan fingerprint density at radius 3 is 2.75 bits per heavy atom. The minimum atomic E-state index is -1.05. The molecule has 0 unspecified atom stereocenters. The largest absolute Gasteiger partial charge is 0.486 e. The molecule has 1 aromatic carbocycles. The first-order valence-corrected chi connectivity index (χ1v) is 6.32. The average molecular weight is 275 g/mol. The molecule has 0 atom stereocenters. The van der Waals surface area contributed by atoms with E-state index in [1.807, 2.05) is 6.92 Å². The van der Waals surface area contributed by atoms with Crippen molar-refractivity contribution in [3.05, 3.63) is 29.5 Å². The molecule has 0 saturated heterocycles. The van der Waals surface area contributed by atoms with E-state index in [0.29, 0.717) is 48.2 Å². The van der Waals surface area contributed by atoms with Crippen molar-refractivity contribution in [2.24, 2.45) is 0 Å². The normalized spacial score (nSPS) is 13.2. The summed E-state index contributed by atoms with van der Waals surface area (Å²) in [6.07, 6.45) is 0.471. The van der Waals surface area contributed by atoms with Gasteiger partial charge in [-0.25, -0.2) is 4.79 Å². The van der Waals surface area contributed by atoms with Crippen LogP contribution in [0.4, 0.5) is 0 Å². The number of rotatable bonds is 3. The van der Waals surface area contributed by atoms with Gasteiger partial charge >= 0.3 is 5.97 Å². The summed E-state index contributed by atoms with van der Waals surface area (Å²) in [4.78, 5) is 11.4. The predicted molar refractivity (Wildman–Crippen MR) is 69.3 cm³/mol. The Labute approximate surface area is 114 Å². The zero-order valence-corrected chi connectivity index (χ0v) is 10.9. The van der Waals surface area contributed by atoms with Gasteiger partial charge in [0.25, 0.3) is 0 Å². The van der Waals surface area contributed by atoms with Crippen LogP contribution >= 0.6 is 0 Å². The van der Waals surface area contributed by atoms with Crippen molar-refractivity contribution < 1.29 is 23.9 Å². The van der Waals surface area contributed by atoms with Gasteiger partial charge in [0, 0.05) is 12.0 Å². The van der Waals surface area contributed by atoms with Crippen LogP contribution in [0.25, 0.3) is 11.3 Å². The second-order valence-electron chi connectivity index (χ2n) is 4.35. The summed E-state index contributed by atoms with van der Waals surface area (Å²) >= 11 is 0. The lowest BCUT2D eigenvalue weighted by Crippen LogP contribution is -2.15. The monoisotopic (exact) mass is 275 g/mol. The highest BCUT2D eigenvalue weighted by atomic mass is 16.6. The molecule has 0 radical (unpaired) electrons. The molecule has 3 rings (SSSR count). The lowest BCUT2D eigenvalue weighted by molar-refractivity contribution is 0.0695. The summed E-state index contributed by atoms with van der Waals surface area (Å²) in [6.45, 7) is 2.80. The molecule has 6 nitrogen and oxygen atoms in total. The molecule has 0 bridgehead atoms. The first kappa shape index (κ1) is 12.5. The van der Waals surface area contributed by atoms with E-state index in [0.717, 1.165) is 0 Å². The number of benzene rings is 1. The van der Waals surface area contributed by atoms with Gasteiger partial charge < -0.3 is 19.1 Å². The minimum absolute atomic E-state index is 0.101. The summed E-state index contributed by atoms with van der Waals surface area (Å²) in [6, 6.07) is 5.21. The zero-order chi connectivity index (χ0) is 14.1. The molecule has 20 heavy (non-hydrogen) atoms. The molecule has 2 heterocycles. The van der Waals surface area contributed by atoms with Gasteiger partial charge in [-0.05, 0) is 18.2 Å². The summed E-state index contributed by atoms with van der Waals surface area (Å²) in [7, 11) is 0. The number of ether oxygens (including phenoxy) is 2. The molecular formula is C14H13NO5. The molecule has 0 fully saturated rings. The van der Waals surface area contributed by atoms with Gasteiger partial charge in [-0.3, -0.25) is 0 Å². The first-order valence-electron chi connectivity index (χ1n) is 6.32. The smallest absolute Gasteiger partial charge is 0.341 e. The standard InChI is InChI=1S/C14H13NO5/c1-2-9-12(14(16)17)13(15-20-9)8-3-4-10-11(7-8)19-6-5-18-10/h3-4,7H,2,5-6H2,1H3,(H,16,17). The number of aromatic carboxylic acids is 1. The number of hydrogen-bond acceptors (Lipinski definition) is 5. The Balaban J connectivity index is 2.09. The van der Waals surface area contributed by atoms with Crippen molar-refractivity contribution in [1.82, 2.24) is 5.16 Å². The van der Waals surface area contributed by atoms with E-state index < -0.39 is 5.97 Å². The molecule has 1 aliphatic heterocycles. The van der Waals surface area contributed by atoms with E-state index >= 15 is 0 Å². The SMILES string of the molecule is CCc1onc(-c2ccc3c(c2)OCCO3)c1C(=O)O. The van der Waals surface area contributed by atoms with Crippen LogP contribution in [0.3, 0.4) is 0 Å². The van der Waals surface area contributed by atoms with E-state index in [1.165, 1.54) is 0 Å². The number of hydrogen-bond donors (Lipinski definition) is 1. The van der Waals surface area contributed by atoms with Gasteiger partial charge in [-0.15, -0.1) is 0 Å². The summed E-state index contributed by atoms with van der Waals surface area (Å²) in [5.74, 6) is 0.553. The molecular weight excluding hydrogens is 262 g/mol. The maximum atomic E-state index is 11.4. The Hall–Kier alpha value is -2.50. The van der Waals surface area contributed by atoms with Crippen LogP contribution in [0, 0.1) is 0 Å². The van der Waals surface area contributed by atoms with E-state index in [2.05, 4.69) is 5.16 Å². The fourth-order valence-corrected chi connectivity index (χ4v) is 2.17. The van der Waals surface area contributed by atoms with Crippen LogP contribution in [0.15, 0.2) is 22.7 Å². The van der Waals surface area contributed by atoms with Gasteiger partial charge in [0.15, 0.2) is 17.3 Å². The van der Waals surface area contributed by atoms with Crippen molar-refractivity contribution in [1.29, 1.82) is 0 Å². The van der Waals surface area contributed by atoms with Crippen LogP contribution in [0.2, 0.25) is 0 Å². The van der Waals surface area contributed by atoms with E-state index in [4.69, 9.17) is 14.0 Å². The van der Waals surface area contributed by atoms with Crippen molar-refractivity contribution in [3.8, 4) is 22.8 Å². The van der Waals surface area contributed by atoms with E-state index in [9.17, 15) is 9.90 Å². The summed E-state index contributed by atoms with van der Waals surface area (Å²) in [5.41, 5.74) is 1.05. The third-order valence-electron chi connectivity index (χ3n) is 3.11. The van der Waals surface area contributed by atoms with Gasteiger partial charge in [0.2, 0.25) is 0 Å². The first-order chi connectivity index (χ1) is 9.70. The predicted octanol–water partition coefficient (Wildman–Crippen LogP) is 2.37. The van der Waals surface area contributed by atoms with Crippen LogP contribution in [0.5, 0.6) is 11.5 Å². The molecule has 2 aromatic rings. The second-order valence-corrected chi connectivity index (χ2v) is 4.35. The van der Waals surface area contributed by atoms with Crippen molar-refractivity contribution in [2.75, 3.05) is 13.2 Å². The Bertz CT molecular complexity index is 662. The van der Waals surface area contributed by atoms with Gasteiger partial charge in [-0.1, -0.05) is 12.1 Å². The lowest BCUT2D eigenvalue weighted by Gasteiger charge is -2.18. The highest BCUT2D eigenvalue weighted by molar-refractivity contribution is 5.96. The van der Waals surface area contributed by atoms with Crippen LogP contribution in [-0.2, 0) is 6.42 Å². The fraction of sp³-hybridized carbons (Fsp3) is 0.286. The number of aryl methyl sites for hydroxylation is 1. The maximum absolute atomic E-state index is 11.4. The molecule has 1 aliphatic rings. The lowest BCUT2D eigenvalue weighted by atomic mass is 10.0. The van der Waals surface area contributed by atoms with Crippen LogP contribution in [0.1, 0.15) is 23.0 Å². The molecule has 0 aliphatic carbocycles. The van der Waals surface area contributed by atoms with Crippen molar-refractivity contribution >= 4 is 5.97 Å². The molecule has 6 heteroatoms. The Morgan fingerprint density at radius 2 is 2.05 bits per heavy atom. The minimum Gasteiger partial charge on any atom is -0.486 e. The third-order valence-corrected chi connectivity index (χ3v) is 3.11. The molecule has 0 amide bonds. The van der Waals surface area contributed by atoms with Crippen molar-refractivity contribution in [3.63, 3.8) is 0 Å². The third kappa shape index (κ3) is 1.99. The zero-order valence-electron chi connectivity index (χ0n) is 10.9. The molecule has 0 saturated carbocycles. The second kappa shape index (κ2) is 4.88. The van der Waals surface area contributed by atoms with Crippen LogP contribution in [-0.4, -0.2) is 29.4 Å². The molecule has 104 valence electrons. The fourth-order valence-electron chi connectivity index (χ4n) is 2.17. The highest BCUT2D eigenvalue weighted by Crippen LogP contribution is 2.35. The topological polar surface area (TPSA) is 81.8 Å². The molecule has 1 N–H and O–H groups in total. The van der Waals surface area contributed by atoms with Crippen molar-refractivity contribution in [2.45, 2.75) is 13.3 Å². The number of carbonyl (C=O) groups is 1. The quantitative estimate of drug-likeness (QED) is 0.926. The Morgan fingerprint density at radius 1 is 1.30 bits per heavy atom. The summed E-state index contributed by atoms with van der Waals surface area (Å²) in [5, 5.41) is 13.2. The number of aromatic nitrogens is 1. The van der Waals surface area contributed by atoms with Gasteiger partial charge in [0.1, 0.15) is 24.5 Å². The van der Waals surface area contributed by atoms with E-state index in [-0.39, 0.29) is 5.56 Å². The average Bonchev–Trinajstić information content (AvgIpc) is 2.91. The van der Waals surface area contributed by atoms with Gasteiger partial charge in [0.05, 0.1) is 0 Å². The molecule has 1 aromatic heterocycles. The Kier molecular flexibility index (Phi) is 3.06. The number of nitrogens with zero attached hydrogens (tertiary/aromatic N) is 1. The van der Waals surface area contributed by atoms with E-state index in [1.54, 1.807) is 18.2 Å². The highest BCUT2D eigenvalue weighted by Gasteiger charge is 2.23. The number of fused-ring (bicyclic) bond motifs is 1. The summed E-state index contributed by atoms with van der Waals surface area (Å²) < 4.78 is 16.0. The maximum Gasteiger partial charge on any atom is 0.341 e. The number of carboxylic acids is 1. The number of carboxylic acid groups (broad SMARTS) is 1. The van der Waals surface area contributed by atoms with Gasteiger partial charge in [-0.2, -0.15) is 0 Å². The molecule has 0 spiro atoms.